The van der Waals surface area contributed by atoms with Crippen molar-refractivity contribution in [2.75, 3.05) is 13.1 Å². The molecule has 0 N–H and O–H groups in total. The smallest absolute Gasteiger partial charge is 0.416 e. The quantitative estimate of drug-likeness (QED) is 0.858. The van der Waals surface area contributed by atoms with Crippen LogP contribution < -0.4 is 4.74 Å². The van der Waals surface area contributed by atoms with Crippen molar-refractivity contribution in [3.8, 4) is 5.88 Å². The summed E-state index contributed by atoms with van der Waals surface area (Å²) in [5.41, 5.74) is -0.181. The lowest BCUT2D eigenvalue weighted by Gasteiger charge is -2.16. The van der Waals surface area contributed by atoms with Crippen LogP contribution in [0, 0.1) is 0 Å². The van der Waals surface area contributed by atoms with Crippen molar-refractivity contribution >= 4 is 17.2 Å². The predicted octanol–water partition coefficient (Wildman–Crippen LogP) is 3.46. The molecule has 0 spiro atoms. The number of pyridine rings is 1. The van der Waals surface area contributed by atoms with Gasteiger partial charge in [-0.15, -0.1) is 0 Å². The highest BCUT2D eigenvalue weighted by Gasteiger charge is 2.32. The summed E-state index contributed by atoms with van der Waals surface area (Å²) >= 11 is 1.44. The Labute approximate surface area is 134 Å². The first-order valence-electron chi connectivity index (χ1n) is 6.95. The first-order valence-corrected chi connectivity index (χ1v) is 7.89. The molecular formula is C15H13F3N2O2S. The standard InChI is InChI=1S/C15H13F3N2O2S/c16-15(17,18)11-1-4-19-13(7-11)22-12-2-5-20(8-12)14(21)10-3-6-23-9-10/h1,3-4,6-7,9,12H,2,5,8H2/t12-/m1/s1. The minimum atomic E-state index is -4.43. The SMILES string of the molecule is O=C(c1ccsc1)N1CC[C@@H](Oc2cc(C(F)(F)F)ccn2)C1. The van der Waals surface area contributed by atoms with Crippen molar-refractivity contribution in [3.63, 3.8) is 0 Å². The lowest BCUT2D eigenvalue weighted by atomic mass is 10.2. The molecule has 23 heavy (non-hydrogen) atoms. The summed E-state index contributed by atoms with van der Waals surface area (Å²) < 4.78 is 43.5. The number of amides is 1. The van der Waals surface area contributed by atoms with Crippen LogP contribution in [0.3, 0.4) is 0 Å². The first-order chi connectivity index (χ1) is 10.9. The summed E-state index contributed by atoms with van der Waals surface area (Å²) in [6, 6.07) is 3.52. The van der Waals surface area contributed by atoms with Gasteiger partial charge in [0.1, 0.15) is 6.10 Å². The van der Waals surface area contributed by atoms with E-state index in [1.807, 2.05) is 5.38 Å². The third-order valence-electron chi connectivity index (χ3n) is 3.55. The fourth-order valence-corrected chi connectivity index (χ4v) is 3.03. The van der Waals surface area contributed by atoms with Crippen LogP contribution in [0.5, 0.6) is 5.88 Å². The number of hydrogen-bond acceptors (Lipinski definition) is 4. The van der Waals surface area contributed by atoms with Crippen LogP contribution in [0.2, 0.25) is 0 Å². The number of carbonyl (C=O) groups excluding carboxylic acids is 1. The zero-order valence-corrected chi connectivity index (χ0v) is 12.7. The number of carbonyl (C=O) groups is 1. The summed E-state index contributed by atoms with van der Waals surface area (Å²) in [5, 5.41) is 3.59. The largest absolute Gasteiger partial charge is 0.472 e. The van der Waals surface area contributed by atoms with Gasteiger partial charge in [-0.1, -0.05) is 0 Å². The van der Waals surface area contributed by atoms with E-state index in [1.54, 1.807) is 16.3 Å². The number of hydrogen-bond donors (Lipinski definition) is 0. The summed E-state index contributed by atoms with van der Waals surface area (Å²) in [7, 11) is 0. The number of nitrogens with zero attached hydrogens (tertiary/aromatic N) is 2. The molecule has 4 nitrogen and oxygen atoms in total. The fourth-order valence-electron chi connectivity index (χ4n) is 2.40. The number of thiophene rings is 1. The Kier molecular flexibility index (Phi) is 4.25. The van der Waals surface area contributed by atoms with Gasteiger partial charge in [0.15, 0.2) is 0 Å². The van der Waals surface area contributed by atoms with Crippen molar-refractivity contribution in [3.05, 3.63) is 46.3 Å². The normalized spacial score (nSPS) is 18.2. The fraction of sp³-hybridized carbons (Fsp3) is 0.333. The minimum absolute atomic E-state index is 0.0744. The van der Waals surface area contributed by atoms with E-state index >= 15 is 0 Å². The molecule has 1 aliphatic heterocycles. The van der Waals surface area contributed by atoms with Gasteiger partial charge in [-0.25, -0.2) is 4.98 Å². The van der Waals surface area contributed by atoms with E-state index in [4.69, 9.17) is 4.74 Å². The molecule has 3 heterocycles. The maximum atomic E-state index is 12.7. The van der Waals surface area contributed by atoms with Crippen molar-refractivity contribution in [2.45, 2.75) is 18.7 Å². The van der Waals surface area contributed by atoms with Gasteiger partial charge >= 0.3 is 6.18 Å². The van der Waals surface area contributed by atoms with E-state index in [1.165, 1.54) is 11.3 Å². The van der Waals surface area contributed by atoms with Gasteiger partial charge in [0.05, 0.1) is 17.7 Å². The molecule has 3 rings (SSSR count). The van der Waals surface area contributed by atoms with E-state index in [0.29, 0.717) is 25.1 Å². The lowest BCUT2D eigenvalue weighted by Crippen LogP contribution is -2.30. The topological polar surface area (TPSA) is 42.4 Å². The molecule has 0 radical (unpaired) electrons. The molecule has 0 aromatic carbocycles. The molecule has 122 valence electrons. The summed E-state index contributed by atoms with van der Waals surface area (Å²) in [6.45, 7) is 0.852. The number of rotatable bonds is 3. The van der Waals surface area contributed by atoms with E-state index in [2.05, 4.69) is 4.98 Å². The third-order valence-corrected chi connectivity index (χ3v) is 4.23. The number of alkyl halides is 3. The maximum absolute atomic E-state index is 12.7. The van der Waals surface area contributed by atoms with Crippen LogP contribution in [0.1, 0.15) is 22.3 Å². The zero-order chi connectivity index (χ0) is 16.4. The molecular weight excluding hydrogens is 329 g/mol. The number of ether oxygens (including phenoxy) is 1. The zero-order valence-electron chi connectivity index (χ0n) is 11.9. The highest BCUT2D eigenvalue weighted by molar-refractivity contribution is 7.08. The summed E-state index contributed by atoms with van der Waals surface area (Å²) in [5.74, 6) is -0.163. The molecule has 2 aromatic heterocycles. The van der Waals surface area contributed by atoms with Gasteiger partial charge in [-0.05, 0) is 17.5 Å². The van der Waals surface area contributed by atoms with Gasteiger partial charge in [0.25, 0.3) is 5.91 Å². The van der Waals surface area contributed by atoms with Crippen LogP contribution in [0.25, 0.3) is 0 Å². The molecule has 1 atom stereocenters. The van der Waals surface area contributed by atoms with Crippen LogP contribution in [-0.2, 0) is 6.18 Å². The van der Waals surface area contributed by atoms with Crippen molar-refractivity contribution < 1.29 is 22.7 Å². The van der Waals surface area contributed by atoms with E-state index < -0.39 is 11.7 Å². The van der Waals surface area contributed by atoms with E-state index in [0.717, 1.165) is 18.3 Å². The molecule has 0 aliphatic carbocycles. The third kappa shape index (κ3) is 3.64. The van der Waals surface area contributed by atoms with Gasteiger partial charge in [0, 0.05) is 30.6 Å². The molecule has 1 fully saturated rings. The lowest BCUT2D eigenvalue weighted by molar-refractivity contribution is -0.137. The predicted molar refractivity (Wildman–Crippen MR) is 78.5 cm³/mol. The Morgan fingerprint density at radius 3 is 2.91 bits per heavy atom. The van der Waals surface area contributed by atoms with Crippen LogP contribution in [0.15, 0.2) is 35.2 Å². The molecule has 1 saturated heterocycles. The van der Waals surface area contributed by atoms with E-state index in [9.17, 15) is 18.0 Å². The Bertz CT molecular complexity index is 688. The molecule has 1 amide bonds. The first kappa shape index (κ1) is 15.8. The minimum Gasteiger partial charge on any atom is -0.472 e. The second kappa shape index (κ2) is 6.19. The monoisotopic (exact) mass is 342 g/mol. The summed E-state index contributed by atoms with van der Waals surface area (Å²) in [4.78, 5) is 17.7. The van der Waals surface area contributed by atoms with Gasteiger partial charge in [-0.2, -0.15) is 24.5 Å². The van der Waals surface area contributed by atoms with Crippen LogP contribution in [0.4, 0.5) is 13.2 Å². The van der Waals surface area contributed by atoms with Gasteiger partial charge in [-0.3, -0.25) is 4.79 Å². The number of halogens is 3. The van der Waals surface area contributed by atoms with Crippen LogP contribution >= 0.6 is 11.3 Å². The molecule has 8 heteroatoms. The molecule has 0 unspecified atom stereocenters. The number of aromatic nitrogens is 1. The molecule has 0 bridgehead atoms. The average molecular weight is 342 g/mol. The average Bonchev–Trinajstić information content (AvgIpc) is 3.17. The second-order valence-corrected chi connectivity index (χ2v) is 5.95. The van der Waals surface area contributed by atoms with Crippen molar-refractivity contribution in [1.82, 2.24) is 9.88 Å². The highest BCUT2D eigenvalue weighted by Crippen LogP contribution is 2.31. The Hall–Kier alpha value is -2.09. The molecule has 1 aliphatic rings. The Morgan fingerprint density at radius 2 is 2.22 bits per heavy atom. The second-order valence-electron chi connectivity index (χ2n) is 5.17. The Morgan fingerprint density at radius 1 is 1.39 bits per heavy atom. The van der Waals surface area contributed by atoms with Gasteiger partial charge < -0.3 is 9.64 Å². The van der Waals surface area contributed by atoms with Crippen molar-refractivity contribution in [1.29, 1.82) is 0 Å². The maximum Gasteiger partial charge on any atom is 0.416 e. The van der Waals surface area contributed by atoms with Gasteiger partial charge in [0.2, 0.25) is 5.88 Å². The molecule has 0 saturated carbocycles. The van der Waals surface area contributed by atoms with Crippen molar-refractivity contribution in [2.24, 2.45) is 0 Å². The number of likely N-dealkylation sites (tertiary alicyclic amines) is 1. The summed E-state index contributed by atoms with van der Waals surface area (Å²) in [6.07, 6.45) is -3.15. The van der Waals surface area contributed by atoms with Crippen LogP contribution in [-0.4, -0.2) is 35.0 Å². The van der Waals surface area contributed by atoms with E-state index in [-0.39, 0.29) is 17.9 Å². The Balaban J connectivity index is 1.63. The highest BCUT2D eigenvalue weighted by atomic mass is 32.1. The molecule has 2 aromatic rings.